The number of aromatic amines is 1. The number of carbonyl (C=O) groups is 1. The van der Waals surface area contributed by atoms with Crippen LogP contribution in [0.5, 0.6) is 0 Å². The summed E-state index contributed by atoms with van der Waals surface area (Å²) in [5, 5.41) is 22.5. The first-order valence-corrected chi connectivity index (χ1v) is 7.28. The summed E-state index contributed by atoms with van der Waals surface area (Å²) < 4.78 is 0. The van der Waals surface area contributed by atoms with E-state index in [2.05, 4.69) is 38.5 Å². The molecule has 0 unspecified atom stereocenters. The zero-order chi connectivity index (χ0) is 17.7. The van der Waals surface area contributed by atoms with Crippen molar-refractivity contribution < 1.29 is 9.90 Å². The number of H-pyrrole nitrogens is 1. The van der Waals surface area contributed by atoms with Crippen molar-refractivity contribution in [3.8, 4) is 12.8 Å². The van der Waals surface area contributed by atoms with Crippen molar-refractivity contribution in [1.82, 2.24) is 25.6 Å². The van der Waals surface area contributed by atoms with Crippen LogP contribution in [0, 0.1) is 25.7 Å². The van der Waals surface area contributed by atoms with Crippen LogP contribution in [0.2, 0.25) is 5.15 Å². The summed E-state index contributed by atoms with van der Waals surface area (Å²) in [6, 6.07) is 3.79. The number of nitrogens with zero attached hydrogens (tertiary/aromatic N) is 4. The smallest absolute Gasteiger partial charge is 0.306 e. The van der Waals surface area contributed by atoms with Crippen LogP contribution in [0.3, 0.4) is 0 Å². The van der Waals surface area contributed by atoms with E-state index in [0.717, 1.165) is 12.0 Å². The van der Waals surface area contributed by atoms with E-state index >= 15 is 0 Å². The van der Waals surface area contributed by atoms with Gasteiger partial charge in [-0.05, 0) is 25.0 Å². The third kappa shape index (κ3) is 8.53. The van der Waals surface area contributed by atoms with E-state index in [0.29, 0.717) is 23.8 Å². The zero-order valence-corrected chi connectivity index (χ0v) is 13.9. The number of nitrogens with one attached hydrogen (secondary N) is 1. The standard InChI is InChI=1S/C7H12N4O2.C6H6ClN.C2H2/c1-2-3-5(7(12)13)4-6-8-10-11-9-6;1-5-3-2-4-8-6(5)7;1-2/h5H,2-4H2,1H3,(H,12,13)(H,8,9,10,11);2-4H,1H3;1-2H/t5-;;/m0../s1. The van der Waals surface area contributed by atoms with E-state index in [1.54, 1.807) is 6.20 Å². The minimum absolute atomic E-state index is 0.347. The van der Waals surface area contributed by atoms with E-state index in [1.807, 2.05) is 26.0 Å². The number of carboxylic acid groups (broad SMARTS) is 1. The van der Waals surface area contributed by atoms with Crippen molar-refractivity contribution in [2.24, 2.45) is 5.92 Å². The Hall–Kier alpha value is -2.46. The molecule has 0 spiro atoms. The zero-order valence-electron chi connectivity index (χ0n) is 13.1. The maximum absolute atomic E-state index is 10.7. The second-order valence-corrected chi connectivity index (χ2v) is 4.83. The van der Waals surface area contributed by atoms with Crippen molar-refractivity contribution in [1.29, 1.82) is 0 Å². The Labute approximate surface area is 140 Å². The molecular formula is C15H20ClN5O2. The fourth-order valence-electron chi connectivity index (χ4n) is 1.62. The molecular weight excluding hydrogens is 318 g/mol. The van der Waals surface area contributed by atoms with E-state index in [4.69, 9.17) is 16.7 Å². The molecule has 0 aliphatic heterocycles. The van der Waals surface area contributed by atoms with Gasteiger partial charge in [0.25, 0.3) is 0 Å². The molecule has 2 N–H and O–H groups in total. The normalized spacial score (nSPS) is 10.5. The fraction of sp³-hybridized carbons (Fsp3) is 0.400. The van der Waals surface area contributed by atoms with Crippen LogP contribution in [0.25, 0.3) is 0 Å². The van der Waals surface area contributed by atoms with Crippen molar-refractivity contribution in [3.63, 3.8) is 0 Å². The van der Waals surface area contributed by atoms with E-state index in [-0.39, 0.29) is 0 Å². The average molecular weight is 338 g/mol. The SMILES string of the molecule is C#C.CCC[C@@H](Cc1nn[nH]n1)C(=O)O.Cc1cccnc1Cl. The summed E-state index contributed by atoms with van der Waals surface area (Å²) >= 11 is 5.60. The highest BCUT2D eigenvalue weighted by atomic mass is 35.5. The average Bonchev–Trinajstić information content (AvgIpc) is 3.05. The lowest BCUT2D eigenvalue weighted by Crippen LogP contribution is -2.16. The molecule has 2 rings (SSSR count). The molecule has 0 aliphatic carbocycles. The molecule has 7 nitrogen and oxygen atoms in total. The number of terminal acetylenes is 1. The number of aryl methyl sites for hydroxylation is 1. The molecule has 0 fully saturated rings. The van der Waals surface area contributed by atoms with E-state index in [9.17, 15) is 4.79 Å². The predicted octanol–water partition coefficient (Wildman–Crippen LogP) is 2.54. The van der Waals surface area contributed by atoms with Crippen molar-refractivity contribution >= 4 is 17.6 Å². The summed E-state index contributed by atoms with van der Waals surface area (Å²) in [5.41, 5.74) is 1.02. The molecule has 0 aliphatic rings. The largest absolute Gasteiger partial charge is 0.481 e. The summed E-state index contributed by atoms with van der Waals surface area (Å²) in [7, 11) is 0. The number of rotatable bonds is 5. The first-order chi connectivity index (χ1) is 11.0. The molecule has 2 heterocycles. The summed E-state index contributed by atoms with van der Waals surface area (Å²) in [6.07, 6.45) is 11.5. The van der Waals surface area contributed by atoms with E-state index < -0.39 is 11.9 Å². The van der Waals surface area contributed by atoms with Gasteiger partial charge in [0.1, 0.15) is 5.15 Å². The van der Waals surface area contributed by atoms with Crippen LogP contribution in [-0.4, -0.2) is 36.7 Å². The lowest BCUT2D eigenvalue weighted by Gasteiger charge is -2.06. The summed E-state index contributed by atoms with van der Waals surface area (Å²) in [4.78, 5) is 14.6. The second kappa shape index (κ2) is 12.1. The Bertz CT molecular complexity index is 566. The highest BCUT2D eigenvalue weighted by Gasteiger charge is 2.18. The van der Waals surface area contributed by atoms with Crippen molar-refractivity contribution in [2.75, 3.05) is 0 Å². The second-order valence-electron chi connectivity index (χ2n) is 4.47. The Morgan fingerprint density at radius 2 is 2.17 bits per heavy atom. The number of tetrazole rings is 1. The van der Waals surface area contributed by atoms with E-state index in [1.165, 1.54) is 0 Å². The van der Waals surface area contributed by atoms with Gasteiger partial charge in [-0.2, -0.15) is 5.21 Å². The van der Waals surface area contributed by atoms with Crippen LogP contribution < -0.4 is 0 Å². The molecule has 0 aromatic carbocycles. The number of aromatic nitrogens is 5. The lowest BCUT2D eigenvalue weighted by atomic mass is 10.00. The van der Waals surface area contributed by atoms with Crippen LogP contribution in [0.1, 0.15) is 31.2 Å². The first kappa shape index (κ1) is 20.5. The molecule has 1 atom stereocenters. The molecule has 124 valence electrons. The van der Waals surface area contributed by atoms with Crippen LogP contribution >= 0.6 is 11.6 Å². The number of pyridine rings is 1. The van der Waals surface area contributed by atoms with Gasteiger partial charge < -0.3 is 5.11 Å². The molecule has 0 bridgehead atoms. The quantitative estimate of drug-likeness (QED) is 0.641. The lowest BCUT2D eigenvalue weighted by molar-refractivity contribution is -0.142. The maximum atomic E-state index is 10.7. The van der Waals surface area contributed by atoms with Crippen molar-refractivity contribution in [3.05, 3.63) is 34.9 Å². The highest BCUT2D eigenvalue weighted by Crippen LogP contribution is 2.11. The van der Waals surface area contributed by atoms with Gasteiger partial charge in [-0.15, -0.1) is 23.0 Å². The van der Waals surface area contributed by atoms with Gasteiger partial charge in [0.15, 0.2) is 5.82 Å². The van der Waals surface area contributed by atoms with Gasteiger partial charge in [0.2, 0.25) is 0 Å². The Kier molecular flexibility index (Phi) is 10.8. The first-order valence-electron chi connectivity index (χ1n) is 6.90. The maximum Gasteiger partial charge on any atom is 0.306 e. The third-order valence-corrected chi connectivity index (χ3v) is 3.15. The number of hydrogen-bond donors (Lipinski definition) is 2. The van der Waals surface area contributed by atoms with Gasteiger partial charge in [-0.3, -0.25) is 4.79 Å². The molecule has 0 amide bonds. The van der Waals surface area contributed by atoms with Gasteiger partial charge in [-0.25, -0.2) is 4.98 Å². The minimum Gasteiger partial charge on any atom is -0.481 e. The van der Waals surface area contributed by atoms with Gasteiger partial charge in [0, 0.05) is 12.6 Å². The summed E-state index contributed by atoms with van der Waals surface area (Å²) in [5.74, 6) is -0.741. The number of halogens is 1. The van der Waals surface area contributed by atoms with Gasteiger partial charge in [-0.1, -0.05) is 36.2 Å². The van der Waals surface area contributed by atoms with Gasteiger partial charge >= 0.3 is 5.97 Å². The summed E-state index contributed by atoms with van der Waals surface area (Å²) in [6.45, 7) is 3.88. The fourth-order valence-corrected chi connectivity index (χ4v) is 1.74. The Morgan fingerprint density at radius 3 is 2.57 bits per heavy atom. The van der Waals surface area contributed by atoms with Gasteiger partial charge in [0.05, 0.1) is 5.92 Å². The Morgan fingerprint density at radius 1 is 1.48 bits per heavy atom. The minimum atomic E-state index is -0.799. The molecule has 0 saturated carbocycles. The number of hydrogen-bond acceptors (Lipinski definition) is 5. The number of aliphatic carboxylic acids is 1. The molecule has 8 heteroatoms. The topological polar surface area (TPSA) is 105 Å². The third-order valence-electron chi connectivity index (χ3n) is 2.75. The van der Waals surface area contributed by atoms with Crippen LogP contribution in [-0.2, 0) is 11.2 Å². The Balaban J connectivity index is 0.000000414. The van der Waals surface area contributed by atoms with Crippen LogP contribution in [0.4, 0.5) is 0 Å². The van der Waals surface area contributed by atoms with Crippen molar-refractivity contribution in [2.45, 2.75) is 33.1 Å². The molecule has 2 aromatic rings. The predicted molar refractivity (Wildman–Crippen MR) is 87.8 cm³/mol. The number of carboxylic acids is 1. The molecule has 0 radical (unpaired) electrons. The molecule has 2 aromatic heterocycles. The van der Waals surface area contributed by atoms with Crippen LogP contribution in [0.15, 0.2) is 18.3 Å². The molecule has 23 heavy (non-hydrogen) atoms. The molecule has 0 saturated heterocycles. The monoisotopic (exact) mass is 337 g/mol. The highest BCUT2D eigenvalue weighted by molar-refractivity contribution is 6.30.